The number of aromatic nitrogens is 1. The second kappa shape index (κ2) is 2.34. The summed E-state index contributed by atoms with van der Waals surface area (Å²) in [4.78, 5) is 14.0. The first-order chi connectivity index (χ1) is 6.43. The van der Waals surface area contributed by atoms with Gasteiger partial charge in [-0.15, -0.1) is 0 Å². The lowest BCUT2D eigenvalue weighted by Crippen LogP contribution is -2.14. The van der Waals surface area contributed by atoms with Gasteiger partial charge in [0.15, 0.2) is 11.5 Å². The Morgan fingerprint density at radius 3 is 2.69 bits per heavy atom. The fraction of sp³-hybridized carbons (Fsp3) is 0. The van der Waals surface area contributed by atoms with E-state index in [0.717, 1.165) is 10.8 Å². The van der Waals surface area contributed by atoms with Crippen LogP contribution in [-0.2, 0) is 0 Å². The molecule has 4 nitrogen and oxygen atoms in total. The van der Waals surface area contributed by atoms with Gasteiger partial charge in [0.1, 0.15) is 0 Å². The summed E-state index contributed by atoms with van der Waals surface area (Å²) in [6.45, 7) is 0. The minimum absolute atomic E-state index is 0.695. The Bertz CT molecular complexity index is 428. The van der Waals surface area contributed by atoms with Crippen LogP contribution in [0.2, 0.25) is 0 Å². The molecule has 3 rings (SSSR count). The van der Waals surface area contributed by atoms with Crippen molar-refractivity contribution in [1.82, 2.24) is 10.6 Å². The van der Waals surface area contributed by atoms with Gasteiger partial charge in [0.05, 0.1) is 0 Å². The predicted octanol–water partition coefficient (Wildman–Crippen LogP) is 1.43. The Labute approximate surface area is 74.0 Å². The van der Waals surface area contributed by atoms with Gasteiger partial charge in [0.25, 0.3) is 0 Å². The zero-order chi connectivity index (χ0) is 8.67. The fourth-order valence-corrected chi connectivity index (χ4v) is 1.36. The van der Waals surface area contributed by atoms with Crippen LogP contribution in [0, 0.1) is 0 Å². The van der Waals surface area contributed by atoms with Crippen LogP contribution in [0.1, 0.15) is 0 Å². The topological polar surface area (TPSA) is 43.4 Å². The molecule has 0 atom stereocenters. The first-order valence-corrected chi connectivity index (χ1v) is 3.90. The van der Waals surface area contributed by atoms with Gasteiger partial charge in [-0.3, -0.25) is 4.98 Å². The van der Waals surface area contributed by atoms with E-state index in [0.29, 0.717) is 11.5 Å². The molecule has 0 aliphatic carbocycles. The molecule has 1 aliphatic heterocycles. The molecule has 1 N–H and O–H groups in total. The summed E-state index contributed by atoms with van der Waals surface area (Å²) in [5, 5.41) is 2.12. The fourth-order valence-electron chi connectivity index (χ4n) is 1.36. The van der Waals surface area contributed by atoms with Crippen molar-refractivity contribution in [3.8, 4) is 11.5 Å². The summed E-state index contributed by atoms with van der Waals surface area (Å²) < 4.78 is 0. The molecular weight excluding hydrogens is 168 g/mol. The third-order valence-electron chi connectivity index (χ3n) is 2.01. The smallest absolute Gasteiger partial charge is 0.196 e. The molecule has 2 aromatic rings. The van der Waals surface area contributed by atoms with Crippen LogP contribution in [0.15, 0.2) is 30.6 Å². The third kappa shape index (κ3) is 0.925. The molecular formula is C9H6N2O2. The second-order valence-electron chi connectivity index (χ2n) is 2.81. The summed E-state index contributed by atoms with van der Waals surface area (Å²) in [6.07, 6.45) is 3.54. The SMILES string of the molecule is c1cc2cc3c(cc2cn1)ONO3. The van der Waals surface area contributed by atoms with Crippen LogP contribution in [0.4, 0.5) is 0 Å². The quantitative estimate of drug-likeness (QED) is 0.656. The van der Waals surface area contributed by atoms with Crippen molar-refractivity contribution >= 4 is 10.8 Å². The highest BCUT2D eigenvalue weighted by Crippen LogP contribution is 2.33. The summed E-state index contributed by atoms with van der Waals surface area (Å²) in [6, 6.07) is 5.72. The molecule has 0 saturated carbocycles. The number of benzene rings is 1. The number of hydrogen-bond donors (Lipinski definition) is 1. The van der Waals surface area contributed by atoms with Crippen molar-refractivity contribution in [2.75, 3.05) is 0 Å². The maximum absolute atomic E-state index is 5.01. The molecule has 2 heterocycles. The molecule has 4 heteroatoms. The highest BCUT2D eigenvalue weighted by Gasteiger charge is 2.14. The molecule has 64 valence electrons. The van der Waals surface area contributed by atoms with Crippen LogP contribution in [0.5, 0.6) is 11.5 Å². The first kappa shape index (κ1) is 6.68. The van der Waals surface area contributed by atoms with Crippen molar-refractivity contribution < 1.29 is 9.68 Å². The normalized spacial score (nSPS) is 13.5. The maximum atomic E-state index is 5.01. The molecule has 0 unspecified atom stereocenters. The van der Waals surface area contributed by atoms with E-state index < -0.39 is 0 Å². The van der Waals surface area contributed by atoms with Crippen molar-refractivity contribution in [3.05, 3.63) is 30.6 Å². The van der Waals surface area contributed by atoms with Gasteiger partial charge >= 0.3 is 0 Å². The minimum Gasteiger partial charge on any atom is -0.370 e. The van der Waals surface area contributed by atoms with Crippen LogP contribution < -0.4 is 15.3 Å². The number of nitrogens with one attached hydrogen (secondary N) is 1. The van der Waals surface area contributed by atoms with Gasteiger partial charge in [-0.05, 0) is 23.6 Å². The molecule has 0 fully saturated rings. The molecule has 1 aromatic carbocycles. The first-order valence-electron chi connectivity index (χ1n) is 3.90. The lowest BCUT2D eigenvalue weighted by molar-refractivity contribution is 0.0260. The number of rotatable bonds is 0. The van der Waals surface area contributed by atoms with Gasteiger partial charge in [-0.2, -0.15) is 0 Å². The van der Waals surface area contributed by atoms with Gasteiger partial charge in [0, 0.05) is 23.4 Å². The predicted molar refractivity (Wildman–Crippen MR) is 46.1 cm³/mol. The Balaban J connectivity index is 2.36. The van der Waals surface area contributed by atoms with Crippen molar-refractivity contribution in [2.45, 2.75) is 0 Å². The van der Waals surface area contributed by atoms with E-state index in [1.54, 1.807) is 12.4 Å². The molecule has 0 saturated heterocycles. The molecule has 0 radical (unpaired) electrons. The maximum Gasteiger partial charge on any atom is 0.196 e. The average molecular weight is 174 g/mol. The van der Waals surface area contributed by atoms with Gasteiger partial charge in [-0.25, -0.2) is 0 Å². The number of hydrogen-bond acceptors (Lipinski definition) is 4. The summed E-state index contributed by atoms with van der Waals surface area (Å²) in [7, 11) is 0. The van der Waals surface area contributed by atoms with E-state index in [1.165, 1.54) is 0 Å². The monoisotopic (exact) mass is 174 g/mol. The minimum atomic E-state index is 0.695. The average Bonchev–Trinajstić information content (AvgIpc) is 2.61. The van der Waals surface area contributed by atoms with Crippen LogP contribution in [-0.4, -0.2) is 4.98 Å². The lowest BCUT2D eigenvalue weighted by Gasteiger charge is -1.97. The van der Waals surface area contributed by atoms with E-state index in [1.807, 2.05) is 18.2 Å². The van der Waals surface area contributed by atoms with Crippen molar-refractivity contribution in [3.63, 3.8) is 0 Å². The zero-order valence-electron chi connectivity index (χ0n) is 6.65. The van der Waals surface area contributed by atoms with Gasteiger partial charge in [0.2, 0.25) is 0 Å². The number of nitrogens with zero attached hydrogens (tertiary/aromatic N) is 1. The Morgan fingerprint density at radius 1 is 1.08 bits per heavy atom. The Morgan fingerprint density at radius 2 is 1.85 bits per heavy atom. The molecule has 0 amide bonds. The standard InChI is InChI=1S/C9H6N2O2/c1-2-10-5-7-4-9-8(3-6(1)7)12-11-13-9/h1-5,11H. The summed E-state index contributed by atoms with van der Waals surface area (Å²) >= 11 is 0. The highest BCUT2D eigenvalue weighted by molar-refractivity contribution is 5.85. The van der Waals surface area contributed by atoms with Gasteiger partial charge in [-0.1, -0.05) is 0 Å². The number of fused-ring (bicyclic) bond motifs is 2. The van der Waals surface area contributed by atoms with Gasteiger partial charge < -0.3 is 9.68 Å². The highest BCUT2D eigenvalue weighted by atomic mass is 16.9. The zero-order valence-corrected chi connectivity index (χ0v) is 6.65. The van der Waals surface area contributed by atoms with Crippen LogP contribution in [0.3, 0.4) is 0 Å². The molecule has 0 bridgehead atoms. The summed E-state index contributed by atoms with van der Waals surface area (Å²) in [5.41, 5.74) is 2.34. The van der Waals surface area contributed by atoms with E-state index >= 15 is 0 Å². The molecule has 0 spiro atoms. The van der Waals surface area contributed by atoms with Crippen LogP contribution >= 0.6 is 0 Å². The lowest BCUT2D eigenvalue weighted by atomic mass is 10.1. The molecule has 1 aliphatic rings. The summed E-state index contributed by atoms with van der Waals surface area (Å²) in [5.74, 6) is 1.40. The third-order valence-corrected chi connectivity index (χ3v) is 2.01. The van der Waals surface area contributed by atoms with E-state index in [9.17, 15) is 0 Å². The molecule has 13 heavy (non-hydrogen) atoms. The van der Waals surface area contributed by atoms with Crippen molar-refractivity contribution in [1.29, 1.82) is 0 Å². The van der Waals surface area contributed by atoms with E-state index in [4.69, 9.17) is 9.68 Å². The molecule has 1 aromatic heterocycles. The Kier molecular flexibility index (Phi) is 1.20. The van der Waals surface area contributed by atoms with Crippen molar-refractivity contribution in [2.24, 2.45) is 0 Å². The van der Waals surface area contributed by atoms with E-state index in [-0.39, 0.29) is 0 Å². The Hall–Kier alpha value is -1.81. The second-order valence-corrected chi connectivity index (χ2v) is 2.81. The van der Waals surface area contributed by atoms with E-state index in [2.05, 4.69) is 10.6 Å². The van der Waals surface area contributed by atoms with Crippen LogP contribution in [0.25, 0.3) is 10.8 Å². The number of pyridine rings is 1. The largest absolute Gasteiger partial charge is 0.370 e.